The Balaban J connectivity index is 1.87. The molecule has 20 heavy (non-hydrogen) atoms. The molecule has 0 bridgehead atoms. The molecule has 2 N–H and O–H groups in total. The minimum Gasteiger partial charge on any atom is -0.481 e. The van der Waals surface area contributed by atoms with Crippen molar-refractivity contribution in [3.05, 3.63) is 0 Å². The van der Waals surface area contributed by atoms with E-state index in [4.69, 9.17) is 5.11 Å². The van der Waals surface area contributed by atoms with Crippen molar-refractivity contribution in [1.29, 1.82) is 0 Å². The van der Waals surface area contributed by atoms with Gasteiger partial charge >= 0.3 is 5.97 Å². The minimum atomic E-state index is -0.708. The molecular formula is C16H29NO3. The van der Waals surface area contributed by atoms with Gasteiger partial charge in [-0.3, -0.25) is 9.59 Å². The summed E-state index contributed by atoms with van der Waals surface area (Å²) in [7, 11) is 0. The van der Waals surface area contributed by atoms with Crippen LogP contribution >= 0.6 is 0 Å². The fraction of sp³-hybridized carbons (Fsp3) is 0.875. The maximum Gasteiger partial charge on any atom is 0.303 e. The van der Waals surface area contributed by atoms with Gasteiger partial charge in [-0.1, -0.05) is 38.5 Å². The van der Waals surface area contributed by atoms with Crippen molar-refractivity contribution >= 4 is 11.9 Å². The van der Waals surface area contributed by atoms with Crippen LogP contribution in [0.25, 0.3) is 0 Å². The van der Waals surface area contributed by atoms with E-state index in [-0.39, 0.29) is 12.3 Å². The minimum absolute atomic E-state index is 0.211. The van der Waals surface area contributed by atoms with E-state index in [0.717, 1.165) is 38.6 Å². The normalized spacial score (nSPS) is 16.0. The van der Waals surface area contributed by atoms with Gasteiger partial charge in [0.15, 0.2) is 0 Å². The van der Waals surface area contributed by atoms with Crippen LogP contribution in [0.1, 0.15) is 77.0 Å². The molecule has 4 nitrogen and oxygen atoms in total. The van der Waals surface area contributed by atoms with E-state index >= 15 is 0 Å². The van der Waals surface area contributed by atoms with Gasteiger partial charge in [0, 0.05) is 19.4 Å². The van der Waals surface area contributed by atoms with Gasteiger partial charge in [0.2, 0.25) is 5.91 Å². The number of hydrogen-bond donors (Lipinski definition) is 2. The number of unbranched alkanes of at least 4 members (excludes halogenated alkanes) is 4. The third-order valence-corrected chi connectivity index (χ3v) is 4.09. The first-order valence-corrected chi connectivity index (χ1v) is 8.17. The Morgan fingerprint density at radius 3 is 2.30 bits per heavy atom. The van der Waals surface area contributed by atoms with Crippen LogP contribution in [0, 0.1) is 5.92 Å². The summed E-state index contributed by atoms with van der Waals surface area (Å²) in [5, 5.41) is 11.5. The van der Waals surface area contributed by atoms with Gasteiger partial charge in [-0.2, -0.15) is 0 Å². The summed E-state index contributed by atoms with van der Waals surface area (Å²) < 4.78 is 0. The Labute approximate surface area is 122 Å². The lowest BCUT2D eigenvalue weighted by Crippen LogP contribution is -2.27. The molecule has 1 aliphatic rings. The Hall–Kier alpha value is -1.06. The molecule has 4 heteroatoms. The predicted octanol–water partition coefficient (Wildman–Crippen LogP) is 3.50. The molecule has 0 aliphatic heterocycles. The van der Waals surface area contributed by atoms with Crippen LogP contribution in [0.15, 0.2) is 0 Å². The summed E-state index contributed by atoms with van der Waals surface area (Å²) in [5.41, 5.74) is 0. The monoisotopic (exact) mass is 283 g/mol. The molecule has 0 aromatic heterocycles. The van der Waals surface area contributed by atoms with E-state index in [9.17, 15) is 9.59 Å². The zero-order valence-electron chi connectivity index (χ0n) is 12.5. The maximum atomic E-state index is 11.7. The Morgan fingerprint density at radius 1 is 0.950 bits per heavy atom. The molecule has 0 aromatic carbocycles. The molecule has 1 amide bonds. The van der Waals surface area contributed by atoms with E-state index in [1.165, 1.54) is 32.1 Å². The first kappa shape index (κ1) is 17.0. The standard InChI is InChI=1S/C16H29NO3/c18-15(13-14-9-5-4-6-10-14)17-12-8-3-1-2-7-11-16(19)20/h14H,1-13H2,(H,17,18)(H,19,20). The van der Waals surface area contributed by atoms with E-state index in [0.29, 0.717) is 12.3 Å². The second-order valence-electron chi connectivity index (χ2n) is 5.97. The number of amides is 1. The number of carboxylic acid groups (broad SMARTS) is 1. The third-order valence-electron chi connectivity index (χ3n) is 4.09. The average Bonchev–Trinajstić information content (AvgIpc) is 2.42. The van der Waals surface area contributed by atoms with E-state index in [1.54, 1.807) is 0 Å². The van der Waals surface area contributed by atoms with Gasteiger partial charge in [-0.25, -0.2) is 0 Å². The number of carbonyl (C=O) groups excluding carboxylic acids is 1. The third kappa shape index (κ3) is 8.94. The summed E-state index contributed by atoms with van der Waals surface area (Å²) in [6.07, 6.45) is 12.2. The SMILES string of the molecule is O=C(O)CCCCCCCNC(=O)CC1CCCCC1. The Morgan fingerprint density at radius 2 is 1.60 bits per heavy atom. The van der Waals surface area contributed by atoms with Crippen LogP contribution in [0.5, 0.6) is 0 Å². The van der Waals surface area contributed by atoms with Gasteiger partial charge in [0.25, 0.3) is 0 Å². The van der Waals surface area contributed by atoms with Gasteiger partial charge < -0.3 is 10.4 Å². The number of rotatable bonds is 10. The molecule has 0 saturated heterocycles. The van der Waals surface area contributed by atoms with Crippen molar-refractivity contribution in [2.24, 2.45) is 5.92 Å². The predicted molar refractivity (Wildman–Crippen MR) is 79.5 cm³/mol. The lowest BCUT2D eigenvalue weighted by atomic mass is 9.87. The lowest BCUT2D eigenvalue weighted by molar-refractivity contribution is -0.137. The molecule has 0 spiro atoms. The molecule has 0 atom stereocenters. The van der Waals surface area contributed by atoms with Crippen LogP contribution in [-0.2, 0) is 9.59 Å². The summed E-state index contributed by atoms with van der Waals surface area (Å²) in [6, 6.07) is 0. The van der Waals surface area contributed by atoms with Gasteiger partial charge in [-0.15, -0.1) is 0 Å². The molecule has 0 aromatic rings. The first-order chi connectivity index (χ1) is 9.68. The Kier molecular flexibility index (Phi) is 9.09. The summed E-state index contributed by atoms with van der Waals surface area (Å²) >= 11 is 0. The molecule has 1 rings (SSSR count). The molecule has 0 radical (unpaired) electrons. The highest BCUT2D eigenvalue weighted by molar-refractivity contribution is 5.76. The summed E-state index contributed by atoms with van der Waals surface area (Å²) in [6.45, 7) is 0.768. The maximum absolute atomic E-state index is 11.7. The molecule has 0 unspecified atom stereocenters. The van der Waals surface area contributed by atoms with Crippen molar-refractivity contribution in [1.82, 2.24) is 5.32 Å². The molecular weight excluding hydrogens is 254 g/mol. The molecule has 1 saturated carbocycles. The smallest absolute Gasteiger partial charge is 0.303 e. The van der Waals surface area contributed by atoms with E-state index < -0.39 is 5.97 Å². The van der Waals surface area contributed by atoms with Crippen LogP contribution in [0.2, 0.25) is 0 Å². The van der Waals surface area contributed by atoms with Crippen LogP contribution in [0.3, 0.4) is 0 Å². The Bertz CT molecular complexity index is 285. The van der Waals surface area contributed by atoms with Crippen molar-refractivity contribution in [2.75, 3.05) is 6.54 Å². The van der Waals surface area contributed by atoms with Crippen LogP contribution in [-0.4, -0.2) is 23.5 Å². The number of nitrogens with one attached hydrogen (secondary N) is 1. The highest BCUT2D eigenvalue weighted by Crippen LogP contribution is 2.25. The van der Waals surface area contributed by atoms with Crippen molar-refractivity contribution in [3.8, 4) is 0 Å². The molecule has 1 fully saturated rings. The number of carboxylic acids is 1. The zero-order valence-corrected chi connectivity index (χ0v) is 12.5. The van der Waals surface area contributed by atoms with Gasteiger partial charge in [0.1, 0.15) is 0 Å². The van der Waals surface area contributed by atoms with Crippen LogP contribution in [0.4, 0.5) is 0 Å². The highest BCUT2D eigenvalue weighted by Gasteiger charge is 2.16. The topological polar surface area (TPSA) is 66.4 Å². The number of carbonyl (C=O) groups is 2. The average molecular weight is 283 g/mol. The summed E-state index contributed by atoms with van der Waals surface area (Å²) in [4.78, 5) is 22.1. The molecule has 116 valence electrons. The van der Waals surface area contributed by atoms with E-state index in [2.05, 4.69) is 5.32 Å². The second kappa shape index (κ2) is 10.7. The van der Waals surface area contributed by atoms with Crippen molar-refractivity contribution in [2.45, 2.75) is 77.0 Å². The number of hydrogen-bond acceptors (Lipinski definition) is 2. The highest BCUT2D eigenvalue weighted by atomic mass is 16.4. The van der Waals surface area contributed by atoms with Crippen molar-refractivity contribution in [3.63, 3.8) is 0 Å². The van der Waals surface area contributed by atoms with Gasteiger partial charge in [-0.05, 0) is 31.6 Å². The van der Waals surface area contributed by atoms with Gasteiger partial charge in [0.05, 0.1) is 0 Å². The number of aliphatic carboxylic acids is 1. The van der Waals surface area contributed by atoms with Crippen molar-refractivity contribution < 1.29 is 14.7 Å². The molecule has 1 aliphatic carbocycles. The second-order valence-corrected chi connectivity index (χ2v) is 5.97. The summed E-state index contributed by atoms with van der Waals surface area (Å²) in [5.74, 6) is 0.113. The van der Waals surface area contributed by atoms with E-state index in [1.807, 2.05) is 0 Å². The lowest BCUT2D eigenvalue weighted by Gasteiger charge is -2.20. The fourth-order valence-electron chi connectivity index (χ4n) is 2.88. The van der Waals surface area contributed by atoms with Crippen LogP contribution < -0.4 is 5.32 Å². The fourth-order valence-corrected chi connectivity index (χ4v) is 2.88. The largest absolute Gasteiger partial charge is 0.481 e. The zero-order chi connectivity index (χ0) is 14.6. The quantitative estimate of drug-likeness (QED) is 0.603. The first-order valence-electron chi connectivity index (χ1n) is 8.17. The molecule has 0 heterocycles.